The van der Waals surface area contributed by atoms with Gasteiger partial charge in [-0.1, -0.05) is 11.6 Å². The van der Waals surface area contributed by atoms with Crippen molar-refractivity contribution < 1.29 is 9.53 Å². The minimum Gasteiger partial charge on any atom is -0.392 e. The molecule has 0 N–H and O–H groups in total. The Kier molecular flexibility index (Phi) is 2.59. The molecule has 0 aliphatic rings. The van der Waals surface area contributed by atoms with Crippen LogP contribution in [0.1, 0.15) is 5.69 Å². The van der Waals surface area contributed by atoms with Crippen molar-refractivity contribution in [2.75, 3.05) is 0 Å². The van der Waals surface area contributed by atoms with Gasteiger partial charge in [0.25, 0.3) is 5.88 Å². The zero-order valence-electron chi connectivity index (χ0n) is 6.47. The Labute approximate surface area is 79.0 Å². The smallest absolute Gasteiger partial charge is 0.392 e. The lowest BCUT2D eigenvalue weighted by atomic mass is 10.5. The molecule has 0 aromatic carbocycles. The Morgan fingerprint density at radius 1 is 1.67 bits per heavy atom. The van der Waals surface area contributed by atoms with Gasteiger partial charge in [0.15, 0.2) is 0 Å². The molecule has 0 unspecified atom stereocenters. The summed E-state index contributed by atoms with van der Waals surface area (Å²) in [5.41, 5.74) is -0.236. The number of hydrogen-bond acceptors (Lipinski definition) is 3. The number of carbonyl (C=O) groups excluding carboxylic acids is 1. The lowest BCUT2D eigenvalue weighted by Crippen LogP contribution is -1.98. The van der Waals surface area contributed by atoms with Gasteiger partial charge in [0.1, 0.15) is 5.02 Å². The molecule has 1 heterocycles. The fourth-order valence-electron chi connectivity index (χ4n) is 0.693. The zero-order chi connectivity index (χ0) is 9.30. The topological polar surface area (TPSA) is 44.1 Å². The summed E-state index contributed by atoms with van der Waals surface area (Å²) in [5, 5.41) is 4.10. The third-order valence-electron chi connectivity index (χ3n) is 1.41. The fourth-order valence-corrected chi connectivity index (χ4v) is 0.965. The van der Waals surface area contributed by atoms with Crippen molar-refractivity contribution in [1.29, 1.82) is 0 Å². The Bertz CT molecular complexity index is 322. The SMILES string of the molecule is Cc1c(Cl)c(OC(=O)Cl)nn1C. The molecule has 0 radical (unpaired) electrons. The third kappa shape index (κ3) is 1.70. The van der Waals surface area contributed by atoms with Gasteiger partial charge < -0.3 is 4.74 Å². The first-order valence-electron chi connectivity index (χ1n) is 3.08. The zero-order valence-corrected chi connectivity index (χ0v) is 7.98. The van der Waals surface area contributed by atoms with E-state index in [0.29, 0.717) is 10.7 Å². The fraction of sp³-hybridized carbons (Fsp3) is 0.333. The van der Waals surface area contributed by atoms with E-state index in [2.05, 4.69) is 9.84 Å². The molecule has 0 spiro atoms. The molecule has 6 heteroatoms. The summed E-state index contributed by atoms with van der Waals surface area (Å²) in [6.07, 6.45) is 0. The Hall–Kier alpha value is -0.740. The van der Waals surface area contributed by atoms with E-state index in [4.69, 9.17) is 23.2 Å². The molecule has 0 aliphatic heterocycles. The average Bonchev–Trinajstić information content (AvgIpc) is 2.17. The molecule has 4 nitrogen and oxygen atoms in total. The lowest BCUT2D eigenvalue weighted by molar-refractivity contribution is 0.223. The average molecular weight is 209 g/mol. The number of ether oxygens (including phenoxy) is 1. The number of rotatable bonds is 1. The van der Waals surface area contributed by atoms with E-state index in [1.54, 1.807) is 14.0 Å². The summed E-state index contributed by atoms with van der Waals surface area (Å²) in [4.78, 5) is 10.3. The maximum Gasteiger partial charge on any atom is 0.410 e. The van der Waals surface area contributed by atoms with Crippen LogP contribution < -0.4 is 4.74 Å². The first-order valence-corrected chi connectivity index (χ1v) is 3.84. The van der Waals surface area contributed by atoms with Crippen LogP contribution in [0, 0.1) is 6.92 Å². The molecule has 0 atom stereocenters. The van der Waals surface area contributed by atoms with Crippen LogP contribution in [-0.4, -0.2) is 15.2 Å². The summed E-state index contributed by atoms with van der Waals surface area (Å²) < 4.78 is 6.01. The maximum atomic E-state index is 10.3. The molecule has 1 rings (SSSR count). The van der Waals surface area contributed by atoms with Gasteiger partial charge >= 0.3 is 5.43 Å². The molecular formula is C6H6Cl2N2O2. The van der Waals surface area contributed by atoms with Crippen molar-refractivity contribution in [2.24, 2.45) is 7.05 Å². The van der Waals surface area contributed by atoms with Gasteiger partial charge in [0, 0.05) is 18.6 Å². The number of aromatic nitrogens is 2. The second-order valence-electron chi connectivity index (χ2n) is 2.17. The van der Waals surface area contributed by atoms with E-state index < -0.39 is 5.43 Å². The largest absolute Gasteiger partial charge is 0.410 e. The van der Waals surface area contributed by atoms with E-state index in [9.17, 15) is 4.79 Å². The minimum atomic E-state index is -0.949. The molecule has 0 aliphatic carbocycles. The molecule has 1 aromatic rings. The molecule has 0 bridgehead atoms. The van der Waals surface area contributed by atoms with Crippen LogP contribution in [0.2, 0.25) is 5.02 Å². The molecule has 0 amide bonds. The summed E-state index contributed by atoms with van der Waals surface area (Å²) in [6, 6.07) is 0. The highest BCUT2D eigenvalue weighted by atomic mass is 35.5. The molecule has 66 valence electrons. The maximum absolute atomic E-state index is 10.3. The normalized spacial score (nSPS) is 10.0. The number of halogens is 2. The molecule has 0 saturated heterocycles. The second kappa shape index (κ2) is 3.33. The van der Waals surface area contributed by atoms with Crippen LogP contribution in [-0.2, 0) is 7.05 Å². The monoisotopic (exact) mass is 208 g/mol. The van der Waals surface area contributed by atoms with Crippen molar-refractivity contribution in [1.82, 2.24) is 9.78 Å². The number of hydrogen-bond donors (Lipinski definition) is 0. The number of aryl methyl sites for hydroxylation is 1. The van der Waals surface area contributed by atoms with Crippen LogP contribution in [0.15, 0.2) is 0 Å². The van der Waals surface area contributed by atoms with Gasteiger partial charge in [-0.05, 0) is 6.92 Å². The van der Waals surface area contributed by atoms with Gasteiger partial charge in [-0.3, -0.25) is 4.68 Å². The predicted molar refractivity (Wildman–Crippen MR) is 44.8 cm³/mol. The highest BCUT2D eigenvalue weighted by Crippen LogP contribution is 2.26. The Morgan fingerprint density at radius 3 is 2.58 bits per heavy atom. The van der Waals surface area contributed by atoms with Crippen LogP contribution in [0.4, 0.5) is 4.79 Å². The van der Waals surface area contributed by atoms with E-state index >= 15 is 0 Å². The lowest BCUT2D eigenvalue weighted by Gasteiger charge is -1.92. The van der Waals surface area contributed by atoms with E-state index in [1.165, 1.54) is 4.68 Å². The summed E-state index contributed by atoms with van der Waals surface area (Å²) in [6.45, 7) is 1.75. The summed E-state index contributed by atoms with van der Waals surface area (Å²) in [7, 11) is 1.69. The van der Waals surface area contributed by atoms with E-state index in [-0.39, 0.29) is 5.88 Å². The van der Waals surface area contributed by atoms with Gasteiger partial charge in [-0.15, -0.1) is 5.10 Å². The van der Waals surface area contributed by atoms with Crippen molar-refractivity contribution in [3.8, 4) is 5.88 Å². The molecule has 12 heavy (non-hydrogen) atoms. The Balaban J connectivity index is 3.01. The number of carbonyl (C=O) groups is 1. The molecule has 0 fully saturated rings. The number of nitrogens with zero attached hydrogens (tertiary/aromatic N) is 2. The van der Waals surface area contributed by atoms with Gasteiger partial charge in [-0.2, -0.15) is 0 Å². The van der Waals surface area contributed by atoms with Crippen LogP contribution >= 0.6 is 23.2 Å². The standard InChI is InChI=1S/C6H6Cl2N2O2/c1-3-4(7)5(9-10(3)2)12-6(8)11/h1-2H3. The quantitative estimate of drug-likeness (QED) is 0.665. The van der Waals surface area contributed by atoms with Gasteiger partial charge in [0.2, 0.25) is 0 Å². The van der Waals surface area contributed by atoms with Crippen molar-refractivity contribution in [2.45, 2.75) is 6.92 Å². The third-order valence-corrected chi connectivity index (χ3v) is 1.92. The second-order valence-corrected chi connectivity index (χ2v) is 2.85. The first-order chi connectivity index (χ1) is 5.52. The minimum absolute atomic E-state index is 0.0386. The van der Waals surface area contributed by atoms with Crippen LogP contribution in [0.25, 0.3) is 0 Å². The first kappa shape index (κ1) is 9.35. The van der Waals surface area contributed by atoms with Crippen molar-refractivity contribution in [3.05, 3.63) is 10.7 Å². The molecular weight excluding hydrogens is 203 g/mol. The van der Waals surface area contributed by atoms with Crippen molar-refractivity contribution >= 4 is 28.6 Å². The summed E-state index contributed by atoms with van der Waals surface area (Å²) in [5.74, 6) is 0.0386. The Morgan fingerprint density at radius 2 is 2.25 bits per heavy atom. The van der Waals surface area contributed by atoms with Crippen LogP contribution in [0.5, 0.6) is 5.88 Å². The highest BCUT2D eigenvalue weighted by molar-refractivity contribution is 6.61. The van der Waals surface area contributed by atoms with Gasteiger partial charge in [-0.25, -0.2) is 4.79 Å². The predicted octanol–water partition coefficient (Wildman–Crippen LogP) is 2.12. The van der Waals surface area contributed by atoms with E-state index in [1.807, 2.05) is 0 Å². The van der Waals surface area contributed by atoms with Crippen molar-refractivity contribution in [3.63, 3.8) is 0 Å². The van der Waals surface area contributed by atoms with Gasteiger partial charge in [0.05, 0.1) is 5.69 Å². The molecule has 0 saturated carbocycles. The van der Waals surface area contributed by atoms with E-state index in [0.717, 1.165) is 0 Å². The summed E-state index contributed by atoms with van der Waals surface area (Å²) >= 11 is 10.7. The molecule has 1 aromatic heterocycles. The van der Waals surface area contributed by atoms with Crippen LogP contribution in [0.3, 0.4) is 0 Å². The highest BCUT2D eigenvalue weighted by Gasteiger charge is 2.13.